The van der Waals surface area contributed by atoms with Gasteiger partial charge >= 0.3 is 5.97 Å². The Bertz CT molecular complexity index is 1130. The molecule has 0 radical (unpaired) electrons. The highest BCUT2D eigenvalue weighted by Gasteiger charge is 2.38. The minimum atomic E-state index is -1.10. The van der Waals surface area contributed by atoms with E-state index in [0.717, 1.165) is 24.8 Å². The fraction of sp³-hybridized carbons (Fsp3) is 0.676. The number of likely N-dealkylation sites (N-methyl/N-ethyl adjacent to an activating group) is 1. The molecule has 0 bridgehead atoms. The van der Waals surface area contributed by atoms with E-state index in [1.807, 2.05) is 58.0 Å². The fourth-order valence-electron chi connectivity index (χ4n) is 6.07. The van der Waals surface area contributed by atoms with Crippen LogP contribution in [0.3, 0.4) is 0 Å². The quantitative estimate of drug-likeness (QED) is 0.226. The molecule has 252 valence electrons. The smallest absolute Gasteiger partial charge is 0.326 e. The molecule has 0 aliphatic carbocycles. The molecule has 4 amide bonds. The van der Waals surface area contributed by atoms with Crippen molar-refractivity contribution in [2.45, 2.75) is 104 Å². The minimum Gasteiger partial charge on any atom is -0.480 e. The Balaban J connectivity index is 2.05. The summed E-state index contributed by atoms with van der Waals surface area (Å²) in [5.41, 5.74) is 0.817. The van der Waals surface area contributed by atoms with E-state index in [2.05, 4.69) is 10.6 Å². The Morgan fingerprint density at radius 2 is 1.73 bits per heavy atom. The van der Waals surface area contributed by atoms with Gasteiger partial charge < -0.3 is 30.3 Å². The normalized spacial score (nSPS) is 18.0. The van der Waals surface area contributed by atoms with Crippen LogP contribution in [0.15, 0.2) is 30.3 Å². The van der Waals surface area contributed by atoms with E-state index >= 15 is 0 Å². The maximum atomic E-state index is 13.7. The Morgan fingerprint density at radius 1 is 1.07 bits per heavy atom. The number of amides is 4. The van der Waals surface area contributed by atoms with E-state index in [9.17, 15) is 29.1 Å². The van der Waals surface area contributed by atoms with Gasteiger partial charge in [0.2, 0.25) is 23.6 Å². The van der Waals surface area contributed by atoms with E-state index in [4.69, 9.17) is 4.74 Å². The molecule has 1 heterocycles. The molecule has 1 aromatic rings. The van der Waals surface area contributed by atoms with Crippen molar-refractivity contribution in [3.05, 3.63) is 35.9 Å². The first kappa shape index (κ1) is 37.7. The van der Waals surface area contributed by atoms with E-state index in [-0.39, 0.29) is 66.9 Å². The molecule has 2 rings (SSSR count). The lowest BCUT2D eigenvalue weighted by atomic mass is 9.90. The van der Waals surface area contributed by atoms with Crippen LogP contribution in [0.2, 0.25) is 0 Å². The third-order valence-corrected chi connectivity index (χ3v) is 8.83. The number of carbonyl (C=O) groups is 5. The molecule has 1 aromatic carbocycles. The summed E-state index contributed by atoms with van der Waals surface area (Å²) in [6.07, 6.45) is 2.74. The fourth-order valence-corrected chi connectivity index (χ4v) is 6.07. The number of nitrogens with zero attached hydrogens (tertiary/aromatic N) is 2. The number of carboxylic acid groups (broad SMARTS) is 1. The van der Waals surface area contributed by atoms with Gasteiger partial charge in [0.25, 0.3) is 0 Å². The van der Waals surface area contributed by atoms with Crippen LogP contribution in [0.25, 0.3) is 0 Å². The van der Waals surface area contributed by atoms with Crippen molar-refractivity contribution in [1.29, 1.82) is 0 Å². The van der Waals surface area contributed by atoms with Crippen molar-refractivity contribution in [2.75, 3.05) is 27.2 Å². The lowest BCUT2D eigenvalue weighted by molar-refractivity contribution is -0.143. The maximum Gasteiger partial charge on any atom is 0.326 e. The predicted molar refractivity (Wildman–Crippen MR) is 172 cm³/mol. The monoisotopic (exact) mass is 630 g/mol. The second-order valence-corrected chi connectivity index (χ2v) is 12.8. The summed E-state index contributed by atoms with van der Waals surface area (Å²) in [6, 6.07) is 7.56. The van der Waals surface area contributed by atoms with Crippen molar-refractivity contribution in [2.24, 2.45) is 17.8 Å². The number of benzene rings is 1. The second-order valence-electron chi connectivity index (χ2n) is 12.8. The zero-order chi connectivity index (χ0) is 33.7. The summed E-state index contributed by atoms with van der Waals surface area (Å²) < 4.78 is 5.84. The van der Waals surface area contributed by atoms with Crippen LogP contribution in [0.5, 0.6) is 0 Å². The molecule has 1 aliphatic rings. The Kier molecular flexibility index (Phi) is 15.5. The van der Waals surface area contributed by atoms with Crippen LogP contribution in [0.1, 0.15) is 78.7 Å². The highest BCUT2D eigenvalue weighted by atomic mass is 16.5. The summed E-state index contributed by atoms with van der Waals surface area (Å²) in [5, 5.41) is 15.1. The average molecular weight is 631 g/mol. The number of hydrogen-bond donors (Lipinski definition) is 3. The number of carboxylic acids is 1. The van der Waals surface area contributed by atoms with Crippen LogP contribution >= 0.6 is 0 Å². The molecule has 1 aliphatic heterocycles. The predicted octanol–water partition coefficient (Wildman–Crippen LogP) is 3.26. The third kappa shape index (κ3) is 11.8. The zero-order valence-corrected chi connectivity index (χ0v) is 28.1. The number of nitrogens with one attached hydrogen (secondary N) is 2. The van der Waals surface area contributed by atoms with Gasteiger partial charge in [-0.3, -0.25) is 19.2 Å². The topological polar surface area (TPSA) is 145 Å². The first-order valence-electron chi connectivity index (χ1n) is 16.2. The number of likely N-dealkylation sites (tertiary alicyclic amines) is 1. The summed E-state index contributed by atoms with van der Waals surface area (Å²) in [4.78, 5) is 67.2. The molecular formula is C34H54N4O7. The molecule has 1 unspecified atom stereocenters. The van der Waals surface area contributed by atoms with Crippen LogP contribution in [-0.4, -0.2) is 96.0 Å². The average Bonchev–Trinajstić information content (AvgIpc) is 3.46. The Hall–Kier alpha value is -3.47. The van der Waals surface area contributed by atoms with Crippen LogP contribution in [0, 0.1) is 17.8 Å². The summed E-state index contributed by atoms with van der Waals surface area (Å²) >= 11 is 0. The molecule has 11 nitrogen and oxygen atoms in total. The van der Waals surface area contributed by atoms with Gasteiger partial charge in [-0.05, 0) is 36.7 Å². The number of carbonyl (C=O) groups excluding carboxylic acids is 4. The van der Waals surface area contributed by atoms with Gasteiger partial charge in [0.05, 0.1) is 25.1 Å². The Labute approximate surface area is 268 Å². The SMILES string of the molecule is CC[C@@H](C)[C@H](C(CC(=O)N1CCC[C@@H]1C[C@H](C)C(=O)N[C@H](Cc1ccccc1)C(=O)O)OC)N(C)C(=O)CNC(=O)CC(C)C. The molecule has 6 atom stereocenters. The molecule has 11 heteroatoms. The number of methoxy groups -OCH3 is 1. The maximum absolute atomic E-state index is 13.7. The molecule has 0 saturated carbocycles. The largest absolute Gasteiger partial charge is 0.480 e. The van der Waals surface area contributed by atoms with Gasteiger partial charge in [-0.2, -0.15) is 0 Å². The van der Waals surface area contributed by atoms with E-state index in [1.165, 1.54) is 7.11 Å². The Morgan fingerprint density at radius 3 is 2.31 bits per heavy atom. The number of ether oxygens (including phenoxy) is 1. The molecular weight excluding hydrogens is 576 g/mol. The van der Waals surface area contributed by atoms with Crippen molar-refractivity contribution in [3.8, 4) is 0 Å². The van der Waals surface area contributed by atoms with Crippen molar-refractivity contribution in [1.82, 2.24) is 20.4 Å². The van der Waals surface area contributed by atoms with Gasteiger partial charge in [0.1, 0.15) is 6.04 Å². The van der Waals surface area contributed by atoms with Crippen LogP contribution in [0.4, 0.5) is 0 Å². The van der Waals surface area contributed by atoms with Gasteiger partial charge in [-0.1, -0.05) is 71.4 Å². The minimum absolute atomic E-state index is 0.0271. The first-order valence-corrected chi connectivity index (χ1v) is 16.2. The molecule has 45 heavy (non-hydrogen) atoms. The van der Waals surface area contributed by atoms with Gasteiger partial charge in [-0.25, -0.2) is 4.79 Å². The van der Waals surface area contributed by atoms with Gasteiger partial charge in [0, 0.05) is 45.5 Å². The number of aliphatic carboxylic acids is 1. The molecule has 0 aromatic heterocycles. The molecule has 0 spiro atoms. The number of hydrogen-bond acceptors (Lipinski definition) is 6. The summed E-state index contributed by atoms with van der Waals surface area (Å²) in [7, 11) is 3.23. The lowest BCUT2D eigenvalue weighted by Gasteiger charge is -2.38. The standard InChI is InChI=1S/C34H54N4O7/c1-8-23(4)32(37(6)31(41)21-35-29(39)17-22(2)3)28(45-7)20-30(40)38-16-12-15-26(38)18-24(5)33(42)36-27(34(43)44)19-25-13-10-9-11-14-25/h9-11,13-14,22-24,26-28,32H,8,12,15-21H2,1-7H3,(H,35,39)(H,36,42)(H,43,44)/t23-,24+,26-,27-,28?,32-/m1/s1. The van der Waals surface area contributed by atoms with Gasteiger partial charge in [0.15, 0.2) is 0 Å². The van der Waals surface area contributed by atoms with E-state index in [1.54, 1.807) is 23.8 Å². The lowest BCUT2D eigenvalue weighted by Crippen LogP contribution is -2.53. The van der Waals surface area contributed by atoms with Crippen molar-refractivity contribution in [3.63, 3.8) is 0 Å². The second kappa shape index (κ2) is 18.5. The van der Waals surface area contributed by atoms with Crippen molar-refractivity contribution >= 4 is 29.6 Å². The molecule has 1 saturated heterocycles. The van der Waals surface area contributed by atoms with Gasteiger partial charge in [-0.15, -0.1) is 0 Å². The molecule has 3 N–H and O–H groups in total. The number of rotatable bonds is 18. The third-order valence-electron chi connectivity index (χ3n) is 8.83. The van der Waals surface area contributed by atoms with Crippen LogP contribution < -0.4 is 10.6 Å². The zero-order valence-electron chi connectivity index (χ0n) is 28.1. The van der Waals surface area contributed by atoms with E-state index in [0.29, 0.717) is 19.4 Å². The van der Waals surface area contributed by atoms with Crippen molar-refractivity contribution < 1.29 is 33.8 Å². The first-order chi connectivity index (χ1) is 21.3. The highest BCUT2D eigenvalue weighted by molar-refractivity contribution is 5.86. The summed E-state index contributed by atoms with van der Waals surface area (Å²) in [6.45, 7) is 10.1. The highest BCUT2D eigenvalue weighted by Crippen LogP contribution is 2.27. The molecule has 1 fully saturated rings. The van der Waals surface area contributed by atoms with Crippen LogP contribution in [-0.2, 0) is 35.1 Å². The van der Waals surface area contributed by atoms with E-state index < -0.39 is 24.0 Å². The summed E-state index contributed by atoms with van der Waals surface area (Å²) in [5.74, 6) is -2.28.